The zero-order valence-electron chi connectivity index (χ0n) is 28.0. The molecule has 1 aromatic rings. The molecule has 1 saturated heterocycles. The fourth-order valence-electron chi connectivity index (χ4n) is 11.0. The van der Waals surface area contributed by atoms with E-state index >= 15 is 0 Å². The van der Waals surface area contributed by atoms with Gasteiger partial charge in [-0.25, -0.2) is 0 Å². The van der Waals surface area contributed by atoms with Gasteiger partial charge in [0.25, 0.3) is 0 Å². The molecule has 47 heavy (non-hydrogen) atoms. The molecule has 0 aromatic carbocycles. The number of furan rings is 1. The summed E-state index contributed by atoms with van der Waals surface area (Å²) < 4.78 is 29.2. The van der Waals surface area contributed by atoms with Crippen LogP contribution in [0.4, 0.5) is 0 Å². The van der Waals surface area contributed by atoms with E-state index in [0.29, 0.717) is 12.0 Å². The van der Waals surface area contributed by atoms with Crippen molar-refractivity contribution in [1.82, 2.24) is 0 Å². The fraction of sp³-hybridized carbons (Fsp3) is 0.743. The van der Waals surface area contributed by atoms with Crippen molar-refractivity contribution in [2.24, 2.45) is 45.3 Å². The summed E-state index contributed by atoms with van der Waals surface area (Å²) in [5.41, 5.74) is -4.33. The van der Waals surface area contributed by atoms with Gasteiger partial charge in [-0.05, 0) is 43.1 Å². The average Bonchev–Trinajstić information content (AvgIpc) is 3.60. The minimum atomic E-state index is -1.58. The molecule has 14 atom stereocenters. The Labute approximate surface area is 273 Å². The molecule has 0 radical (unpaired) electrons. The maximum atomic E-state index is 14.8. The maximum Gasteiger partial charge on any atom is 0.310 e. The number of hydrogen-bond donors (Lipinski definition) is 2. The smallest absolute Gasteiger partial charge is 0.310 e. The van der Waals surface area contributed by atoms with Crippen LogP contribution in [-0.4, -0.2) is 77.0 Å². The van der Waals surface area contributed by atoms with E-state index in [2.05, 4.69) is 0 Å². The molecule has 2 N–H and O–H groups in total. The van der Waals surface area contributed by atoms with E-state index in [1.807, 2.05) is 20.8 Å². The van der Waals surface area contributed by atoms with Gasteiger partial charge in [-0.15, -0.1) is 0 Å². The van der Waals surface area contributed by atoms with Gasteiger partial charge < -0.3 is 33.6 Å². The normalized spacial score (nSPS) is 46.0. The van der Waals surface area contributed by atoms with E-state index in [9.17, 15) is 34.2 Å². The summed E-state index contributed by atoms with van der Waals surface area (Å²) in [5.74, 6) is -5.76. The molecule has 1 aliphatic heterocycles. The molecule has 4 saturated carbocycles. The zero-order valence-corrected chi connectivity index (χ0v) is 28.0. The van der Waals surface area contributed by atoms with Crippen LogP contribution in [0.1, 0.15) is 85.6 Å². The highest BCUT2D eigenvalue weighted by Crippen LogP contribution is 2.75. The Balaban J connectivity index is 1.53. The minimum absolute atomic E-state index is 0.0102. The SMILES string of the molecule is CC[C@@H](C)C(=O)O[C@H]1OC[C@]23[C@H](O)[C@@H](OC(C)=O)[C@H](OC(C)=O)[C@@]1(C)[C@@H]2C[C@@H](O)[C@]1(C)[C@H]2CC(=O)[C@@H](c4ccoc4)[C@@]2(C)CC(=O)[C@@H]13. The number of ketones is 2. The molecule has 1 aromatic heterocycles. The lowest BCUT2D eigenvalue weighted by atomic mass is 9.34. The van der Waals surface area contributed by atoms with E-state index in [1.54, 1.807) is 19.9 Å². The second-order valence-corrected chi connectivity index (χ2v) is 15.4. The molecule has 0 amide bonds. The van der Waals surface area contributed by atoms with Gasteiger partial charge in [-0.2, -0.15) is 0 Å². The largest absolute Gasteiger partial charge is 0.472 e. The van der Waals surface area contributed by atoms with Crippen molar-refractivity contribution in [2.75, 3.05) is 6.61 Å². The minimum Gasteiger partial charge on any atom is -0.472 e. The Morgan fingerprint density at radius 1 is 1.00 bits per heavy atom. The van der Waals surface area contributed by atoms with Crippen LogP contribution in [-0.2, 0) is 42.9 Å². The fourth-order valence-corrected chi connectivity index (χ4v) is 11.0. The van der Waals surface area contributed by atoms with Crippen molar-refractivity contribution in [3.8, 4) is 0 Å². The first-order valence-electron chi connectivity index (χ1n) is 16.6. The van der Waals surface area contributed by atoms with Crippen molar-refractivity contribution in [2.45, 2.75) is 111 Å². The van der Waals surface area contributed by atoms with Crippen LogP contribution < -0.4 is 0 Å². The molecular weight excluding hydrogens is 612 g/mol. The topological polar surface area (TPSA) is 176 Å². The summed E-state index contributed by atoms with van der Waals surface area (Å²) in [7, 11) is 0. The lowest BCUT2D eigenvalue weighted by Gasteiger charge is -2.73. The lowest BCUT2D eigenvalue weighted by Crippen LogP contribution is -2.82. The molecular formula is C35H46O12. The van der Waals surface area contributed by atoms with Crippen molar-refractivity contribution in [3.05, 3.63) is 24.2 Å². The Bertz CT molecular complexity index is 1470. The van der Waals surface area contributed by atoms with Gasteiger partial charge in [0.05, 0.1) is 42.5 Å². The number of esters is 3. The highest BCUT2D eigenvalue weighted by molar-refractivity contribution is 5.94. The number of Topliss-reactive ketones (excluding diaryl/α,β-unsaturated/α-hetero) is 2. The highest BCUT2D eigenvalue weighted by Gasteiger charge is 2.82. The highest BCUT2D eigenvalue weighted by atomic mass is 16.7. The number of carbonyl (C=O) groups is 5. The van der Waals surface area contributed by atoms with Crippen molar-refractivity contribution < 1.29 is 57.6 Å². The van der Waals surface area contributed by atoms with Crippen molar-refractivity contribution in [1.29, 1.82) is 0 Å². The summed E-state index contributed by atoms with van der Waals surface area (Å²) in [4.78, 5) is 66.9. The van der Waals surface area contributed by atoms with Crippen LogP contribution in [0.15, 0.2) is 23.0 Å². The second-order valence-electron chi connectivity index (χ2n) is 15.4. The summed E-state index contributed by atoms with van der Waals surface area (Å²) in [6, 6.07) is 1.73. The van der Waals surface area contributed by atoms with Crippen LogP contribution in [0.3, 0.4) is 0 Å². The Hall–Kier alpha value is -3.09. The molecule has 12 heteroatoms. The van der Waals surface area contributed by atoms with Gasteiger partial charge in [-0.3, -0.25) is 24.0 Å². The van der Waals surface area contributed by atoms with E-state index < -0.39 is 99.9 Å². The molecule has 0 unspecified atom stereocenters. The Morgan fingerprint density at radius 3 is 2.28 bits per heavy atom. The molecule has 12 nitrogen and oxygen atoms in total. The van der Waals surface area contributed by atoms with E-state index in [-0.39, 0.29) is 37.4 Å². The number of carbonyl (C=O) groups excluding carboxylic acids is 5. The predicted octanol–water partition coefficient (Wildman–Crippen LogP) is 3.11. The number of ether oxygens (including phenoxy) is 4. The second kappa shape index (κ2) is 11.2. The van der Waals surface area contributed by atoms with E-state index in [1.165, 1.54) is 26.4 Å². The third-order valence-electron chi connectivity index (χ3n) is 13.0. The first kappa shape index (κ1) is 33.8. The number of fused-ring (bicyclic) bond motifs is 3. The van der Waals surface area contributed by atoms with Crippen LogP contribution in [0.5, 0.6) is 0 Å². The molecule has 2 bridgehead atoms. The number of hydrogen-bond acceptors (Lipinski definition) is 12. The molecule has 258 valence electrons. The number of aliphatic hydroxyl groups is 2. The molecule has 6 rings (SSSR count). The number of rotatable bonds is 6. The van der Waals surface area contributed by atoms with Gasteiger partial charge in [0.2, 0.25) is 6.29 Å². The van der Waals surface area contributed by atoms with Crippen LogP contribution in [0.25, 0.3) is 0 Å². The van der Waals surface area contributed by atoms with Crippen LogP contribution >= 0.6 is 0 Å². The van der Waals surface area contributed by atoms with E-state index in [4.69, 9.17) is 23.4 Å². The third kappa shape index (κ3) is 4.46. The van der Waals surface area contributed by atoms with Crippen LogP contribution in [0, 0.1) is 45.3 Å². The number of aliphatic hydroxyl groups excluding tert-OH is 2. The van der Waals surface area contributed by atoms with Gasteiger partial charge in [0.15, 0.2) is 12.2 Å². The molecule has 5 aliphatic rings. The van der Waals surface area contributed by atoms with Crippen molar-refractivity contribution in [3.63, 3.8) is 0 Å². The molecule has 5 fully saturated rings. The lowest BCUT2D eigenvalue weighted by molar-refractivity contribution is -0.388. The quantitative estimate of drug-likeness (QED) is 0.338. The predicted molar refractivity (Wildman–Crippen MR) is 161 cm³/mol. The van der Waals surface area contributed by atoms with Gasteiger partial charge in [0.1, 0.15) is 17.7 Å². The molecule has 4 aliphatic carbocycles. The standard InChI is InChI=1S/C35H46O12/c1-8-16(2)30(42)47-31-34(7)23-12-24(40)33(6)22-11-20(38)25(19-9-10-43-14-19)32(22,5)13-21(39)27(33)35(23,15-44-31)28(41)26(45-17(3)36)29(34)46-18(4)37/h9-10,14,16,22-29,31,40-41H,8,11-13,15H2,1-7H3/t16-,22+,23+,24-,25-,26-,27+,28-,29+,31-,32+,33+,34-,35+/m1/s1. The monoisotopic (exact) mass is 658 g/mol. The Kier molecular flexibility index (Phi) is 8.08. The third-order valence-corrected chi connectivity index (χ3v) is 13.0. The molecule has 2 heterocycles. The zero-order chi connectivity index (χ0) is 34.4. The van der Waals surface area contributed by atoms with Gasteiger partial charge >= 0.3 is 17.9 Å². The summed E-state index contributed by atoms with van der Waals surface area (Å²) in [6.07, 6.45) is -3.24. The van der Waals surface area contributed by atoms with Gasteiger partial charge in [0, 0.05) is 49.0 Å². The Morgan fingerprint density at radius 2 is 1.68 bits per heavy atom. The first-order valence-corrected chi connectivity index (χ1v) is 16.6. The summed E-state index contributed by atoms with van der Waals surface area (Å²) in [5, 5.41) is 24.8. The van der Waals surface area contributed by atoms with Crippen molar-refractivity contribution >= 4 is 29.5 Å². The summed E-state index contributed by atoms with van der Waals surface area (Å²) in [6.45, 7) is 11.0. The maximum absolute atomic E-state index is 14.8. The molecule has 0 spiro atoms. The van der Waals surface area contributed by atoms with Gasteiger partial charge in [-0.1, -0.05) is 27.7 Å². The first-order chi connectivity index (χ1) is 22.0. The summed E-state index contributed by atoms with van der Waals surface area (Å²) >= 11 is 0. The average molecular weight is 659 g/mol. The van der Waals surface area contributed by atoms with E-state index in [0.717, 1.165) is 0 Å². The van der Waals surface area contributed by atoms with Crippen LogP contribution in [0.2, 0.25) is 0 Å².